The van der Waals surface area contributed by atoms with E-state index in [1.54, 1.807) is 0 Å². The fourth-order valence-corrected chi connectivity index (χ4v) is 3.46. The van der Waals surface area contributed by atoms with Crippen molar-refractivity contribution in [1.82, 2.24) is 15.5 Å². The lowest BCUT2D eigenvalue weighted by atomic mass is 9.90. The normalized spacial score (nSPS) is 29.2. The highest BCUT2D eigenvalue weighted by molar-refractivity contribution is 5.82. The topological polar surface area (TPSA) is 61.4 Å². The summed E-state index contributed by atoms with van der Waals surface area (Å²) < 4.78 is 0. The first-order valence-corrected chi connectivity index (χ1v) is 8.92. The van der Waals surface area contributed by atoms with E-state index in [0.29, 0.717) is 6.54 Å². The van der Waals surface area contributed by atoms with Crippen molar-refractivity contribution in [3.8, 4) is 0 Å². The van der Waals surface area contributed by atoms with Gasteiger partial charge in [0.2, 0.25) is 11.8 Å². The summed E-state index contributed by atoms with van der Waals surface area (Å²) in [4.78, 5) is 27.0. The van der Waals surface area contributed by atoms with Crippen molar-refractivity contribution in [3.05, 3.63) is 0 Å². The second kappa shape index (κ2) is 8.51. The summed E-state index contributed by atoms with van der Waals surface area (Å²) in [6, 6.07) is 0.258. The Morgan fingerprint density at radius 3 is 2.73 bits per heavy atom. The van der Waals surface area contributed by atoms with Gasteiger partial charge in [-0.2, -0.15) is 0 Å². The van der Waals surface area contributed by atoms with Gasteiger partial charge in [-0.15, -0.1) is 0 Å². The fraction of sp³-hybridized carbons (Fsp3) is 0.882. The molecule has 5 nitrogen and oxygen atoms in total. The van der Waals surface area contributed by atoms with Crippen molar-refractivity contribution < 1.29 is 9.59 Å². The van der Waals surface area contributed by atoms with Crippen LogP contribution in [0.25, 0.3) is 0 Å². The fourth-order valence-electron chi connectivity index (χ4n) is 3.46. The zero-order valence-electron chi connectivity index (χ0n) is 14.1. The second-order valence-electron chi connectivity index (χ2n) is 6.80. The molecule has 2 aliphatic rings. The maximum atomic E-state index is 12.7. The molecule has 0 aromatic carbocycles. The first-order valence-electron chi connectivity index (χ1n) is 8.92. The van der Waals surface area contributed by atoms with Gasteiger partial charge < -0.3 is 15.5 Å². The molecule has 2 fully saturated rings. The van der Waals surface area contributed by atoms with Crippen LogP contribution in [-0.4, -0.2) is 48.9 Å². The Balaban J connectivity index is 1.89. The number of carbonyl (C=O) groups excluding carboxylic acids is 2. The largest absolute Gasteiger partial charge is 0.356 e. The Hall–Kier alpha value is -1.10. The summed E-state index contributed by atoms with van der Waals surface area (Å²) in [5.74, 6) is 0.428. The molecule has 2 saturated heterocycles. The van der Waals surface area contributed by atoms with Crippen molar-refractivity contribution in [3.63, 3.8) is 0 Å². The predicted molar refractivity (Wildman–Crippen MR) is 87.4 cm³/mol. The molecular weight excluding hydrogens is 278 g/mol. The van der Waals surface area contributed by atoms with Gasteiger partial charge in [-0.1, -0.05) is 13.3 Å². The van der Waals surface area contributed by atoms with Gasteiger partial charge in [0, 0.05) is 25.7 Å². The Bertz CT molecular complexity index is 380. The Labute approximate surface area is 134 Å². The third kappa shape index (κ3) is 4.45. The minimum atomic E-state index is -0.0337. The van der Waals surface area contributed by atoms with E-state index in [9.17, 15) is 9.59 Å². The third-order valence-electron chi connectivity index (χ3n) is 5.01. The van der Waals surface area contributed by atoms with Crippen LogP contribution in [0, 0.1) is 11.8 Å². The molecule has 2 rings (SSSR count). The summed E-state index contributed by atoms with van der Waals surface area (Å²) in [5, 5.41) is 6.33. The molecule has 2 heterocycles. The van der Waals surface area contributed by atoms with Crippen LogP contribution in [0.3, 0.4) is 0 Å². The number of nitrogens with zero attached hydrogens (tertiary/aromatic N) is 1. The van der Waals surface area contributed by atoms with E-state index < -0.39 is 0 Å². The summed E-state index contributed by atoms with van der Waals surface area (Å²) in [6.07, 6.45) is 5.97. The van der Waals surface area contributed by atoms with Crippen LogP contribution < -0.4 is 10.6 Å². The van der Waals surface area contributed by atoms with Gasteiger partial charge in [-0.25, -0.2) is 0 Å². The molecule has 0 aliphatic carbocycles. The molecule has 2 amide bonds. The quantitative estimate of drug-likeness (QED) is 0.757. The molecule has 3 atom stereocenters. The highest BCUT2D eigenvalue weighted by atomic mass is 16.2. The number of nitrogens with one attached hydrogen (secondary N) is 2. The van der Waals surface area contributed by atoms with Crippen LogP contribution in [0.5, 0.6) is 0 Å². The van der Waals surface area contributed by atoms with Crippen molar-refractivity contribution in [2.24, 2.45) is 11.8 Å². The lowest BCUT2D eigenvalue weighted by molar-refractivity contribution is -0.142. The average Bonchev–Trinajstić information content (AvgIpc) is 2.55. The Morgan fingerprint density at radius 1 is 1.23 bits per heavy atom. The number of hydrogen-bond donors (Lipinski definition) is 2. The average molecular weight is 309 g/mol. The minimum absolute atomic E-state index is 0.0337. The summed E-state index contributed by atoms with van der Waals surface area (Å²) in [6.45, 7) is 7.37. The Morgan fingerprint density at radius 2 is 2.05 bits per heavy atom. The molecule has 126 valence electrons. The predicted octanol–water partition coefficient (Wildman–Crippen LogP) is 1.53. The molecule has 2 aliphatic heterocycles. The smallest absolute Gasteiger partial charge is 0.227 e. The van der Waals surface area contributed by atoms with Crippen LogP contribution in [0.1, 0.15) is 52.4 Å². The van der Waals surface area contributed by atoms with E-state index in [4.69, 9.17) is 0 Å². The molecule has 3 unspecified atom stereocenters. The second-order valence-corrected chi connectivity index (χ2v) is 6.80. The standard InChI is InChI=1S/C17H31N3O2/c1-3-4-10-19-16(21)15-8-7-13(2)20(12-15)17(22)14-6-5-9-18-11-14/h13-15,18H,3-12H2,1-2H3,(H,19,21). The summed E-state index contributed by atoms with van der Waals surface area (Å²) >= 11 is 0. The monoisotopic (exact) mass is 309 g/mol. The SMILES string of the molecule is CCCCNC(=O)C1CCC(C)N(C(=O)C2CCCNC2)C1. The van der Waals surface area contributed by atoms with Crippen LogP contribution in [0.4, 0.5) is 0 Å². The first-order chi connectivity index (χ1) is 10.6. The van der Waals surface area contributed by atoms with Crippen LogP contribution in [-0.2, 0) is 9.59 Å². The number of carbonyl (C=O) groups is 2. The van der Waals surface area contributed by atoms with E-state index in [2.05, 4.69) is 24.5 Å². The number of amides is 2. The minimum Gasteiger partial charge on any atom is -0.356 e. The molecule has 0 aromatic rings. The van der Waals surface area contributed by atoms with E-state index in [1.165, 1.54) is 0 Å². The van der Waals surface area contributed by atoms with Crippen molar-refractivity contribution in [2.75, 3.05) is 26.2 Å². The number of unbranched alkanes of at least 4 members (excludes halogenated alkanes) is 1. The number of piperidine rings is 2. The number of rotatable bonds is 5. The molecule has 0 radical (unpaired) electrons. The zero-order valence-corrected chi connectivity index (χ0v) is 14.1. The first kappa shape index (κ1) is 17.3. The van der Waals surface area contributed by atoms with E-state index >= 15 is 0 Å². The van der Waals surface area contributed by atoms with Crippen LogP contribution in [0.2, 0.25) is 0 Å². The number of hydrogen-bond acceptors (Lipinski definition) is 3. The van der Waals surface area contributed by atoms with Gasteiger partial charge in [-0.3, -0.25) is 9.59 Å². The van der Waals surface area contributed by atoms with Gasteiger partial charge in [0.15, 0.2) is 0 Å². The molecule has 2 N–H and O–H groups in total. The van der Waals surface area contributed by atoms with Crippen molar-refractivity contribution in [1.29, 1.82) is 0 Å². The van der Waals surface area contributed by atoms with Crippen LogP contribution >= 0.6 is 0 Å². The molecule has 0 spiro atoms. The van der Waals surface area contributed by atoms with E-state index in [0.717, 1.165) is 58.2 Å². The van der Waals surface area contributed by atoms with Gasteiger partial charge in [-0.05, 0) is 45.6 Å². The zero-order chi connectivity index (χ0) is 15.9. The molecular formula is C17H31N3O2. The highest BCUT2D eigenvalue weighted by Crippen LogP contribution is 2.25. The number of likely N-dealkylation sites (tertiary alicyclic amines) is 1. The van der Waals surface area contributed by atoms with E-state index in [-0.39, 0.29) is 29.7 Å². The lowest BCUT2D eigenvalue weighted by Gasteiger charge is -2.40. The summed E-state index contributed by atoms with van der Waals surface area (Å²) in [7, 11) is 0. The summed E-state index contributed by atoms with van der Waals surface area (Å²) in [5.41, 5.74) is 0. The van der Waals surface area contributed by atoms with Crippen molar-refractivity contribution >= 4 is 11.8 Å². The van der Waals surface area contributed by atoms with E-state index in [1.807, 2.05) is 4.90 Å². The molecule has 0 saturated carbocycles. The van der Waals surface area contributed by atoms with Crippen molar-refractivity contribution in [2.45, 2.75) is 58.4 Å². The molecule has 5 heteroatoms. The molecule has 0 aromatic heterocycles. The van der Waals surface area contributed by atoms with Gasteiger partial charge in [0.05, 0.1) is 11.8 Å². The van der Waals surface area contributed by atoms with Gasteiger partial charge in [0.25, 0.3) is 0 Å². The Kier molecular flexibility index (Phi) is 6.68. The lowest BCUT2D eigenvalue weighted by Crippen LogP contribution is -2.53. The maximum absolute atomic E-state index is 12.7. The van der Waals surface area contributed by atoms with Crippen LogP contribution in [0.15, 0.2) is 0 Å². The highest BCUT2D eigenvalue weighted by Gasteiger charge is 2.35. The third-order valence-corrected chi connectivity index (χ3v) is 5.01. The maximum Gasteiger partial charge on any atom is 0.227 e. The molecule has 22 heavy (non-hydrogen) atoms. The molecule has 0 bridgehead atoms. The van der Waals surface area contributed by atoms with Gasteiger partial charge in [0.1, 0.15) is 0 Å². The van der Waals surface area contributed by atoms with Gasteiger partial charge >= 0.3 is 0 Å².